The average molecular weight is 304 g/mol. The van der Waals surface area contributed by atoms with Gasteiger partial charge in [0.25, 0.3) is 0 Å². The van der Waals surface area contributed by atoms with E-state index in [-0.39, 0.29) is 10.7 Å². The Hall–Kier alpha value is -0.860. The molecule has 1 atom stereocenters. The molecule has 2 rings (SSSR count). The Bertz CT molecular complexity index is 553. The number of aromatic nitrogens is 1. The maximum atomic E-state index is 12.4. The molecule has 8 heteroatoms. The summed E-state index contributed by atoms with van der Waals surface area (Å²) >= 11 is 1.18. The van der Waals surface area contributed by atoms with Crippen LogP contribution >= 0.6 is 11.5 Å². The topological polar surface area (TPSA) is 79.5 Å². The molecule has 6 nitrogen and oxygen atoms in total. The average Bonchev–Trinajstić information content (AvgIpc) is 2.93. The van der Waals surface area contributed by atoms with Crippen molar-refractivity contribution in [3.05, 3.63) is 0 Å². The molecule has 19 heavy (non-hydrogen) atoms. The number of hydrogen-bond donors (Lipinski definition) is 1. The van der Waals surface area contributed by atoms with E-state index in [9.17, 15) is 8.42 Å². The third kappa shape index (κ3) is 2.44. The maximum absolute atomic E-state index is 12.4. The molecule has 2 N–H and O–H groups in total. The smallest absolute Gasteiger partial charge is 0.249 e. The van der Waals surface area contributed by atoms with E-state index in [1.807, 2.05) is 0 Å². The zero-order valence-corrected chi connectivity index (χ0v) is 13.1. The minimum Gasteiger partial charge on any atom is -0.382 e. The molecule has 1 unspecified atom stereocenters. The number of hydrogen-bond acceptors (Lipinski definition) is 6. The SMILES string of the molecule is CCC1CCCN1c1snc(N)c1S(=O)(=O)N(C)C. The van der Waals surface area contributed by atoms with Crippen LogP contribution in [0.3, 0.4) is 0 Å². The van der Waals surface area contributed by atoms with Crippen molar-refractivity contribution in [2.24, 2.45) is 0 Å². The fourth-order valence-corrected chi connectivity index (χ4v) is 4.73. The summed E-state index contributed by atoms with van der Waals surface area (Å²) in [7, 11) is -0.527. The van der Waals surface area contributed by atoms with E-state index in [1.165, 1.54) is 29.9 Å². The van der Waals surface area contributed by atoms with Crippen LogP contribution in [0.15, 0.2) is 4.90 Å². The van der Waals surface area contributed by atoms with E-state index in [0.717, 1.165) is 25.8 Å². The van der Waals surface area contributed by atoms with Gasteiger partial charge in [-0.3, -0.25) is 0 Å². The number of nitrogens with zero attached hydrogens (tertiary/aromatic N) is 3. The minimum atomic E-state index is -3.55. The van der Waals surface area contributed by atoms with Crippen LogP contribution in [0.1, 0.15) is 26.2 Å². The molecular weight excluding hydrogens is 284 g/mol. The van der Waals surface area contributed by atoms with Crippen molar-refractivity contribution in [3.8, 4) is 0 Å². The van der Waals surface area contributed by atoms with Gasteiger partial charge in [0, 0.05) is 26.7 Å². The second-order valence-electron chi connectivity index (χ2n) is 4.89. The highest BCUT2D eigenvalue weighted by Gasteiger charge is 2.34. The van der Waals surface area contributed by atoms with Crippen LogP contribution in [0.25, 0.3) is 0 Å². The summed E-state index contributed by atoms with van der Waals surface area (Å²) in [5.41, 5.74) is 5.79. The first-order valence-corrected chi connectivity index (χ1v) is 8.55. The van der Waals surface area contributed by atoms with Gasteiger partial charge in [-0.2, -0.15) is 4.37 Å². The van der Waals surface area contributed by atoms with Crippen LogP contribution in [-0.2, 0) is 10.0 Å². The summed E-state index contributed by atoms with van der Waals surface area (Å²) in [6.07, 6.45) is 3.17. The predicted octanol–water partition coefficient (Wildman–Crippen LogP) is 1.35. The molecule has 1 aromatic rings. The molecule has 1 fully saturated rings. The molecule has 0 bridgehead atoms. The molecule has 0 aliphatic carbocycles. The third-order valence-electron chi connectivity index (χ3n) is 3.51. The van der Waals surface area contributed by atoms with Crippen molar-refractivity contribution in [1.29, 1.82) is 0 Å². The Kier molecular flexibility index (Phi) is 4.03. The van der Waals surface area contributed by atoms with Crippen LogP contribution in [0.5, 0.6) is 0 Å². The lowest BCUT2D eigenvalue weighted by Crippen LogP contribution is -2.31. The molecule has 1 saturated heterocycles. The van der Waals surface area contributed by atoms with Gasteiger partial charge < -0.3 is 10.6 Å². The van der Waals surface area contributed by atoms with Gasteiger partial charge >= 0.3 is 0 Å². The number of nitrogens with two attached hydrogens (primary N) is 1. The van der Waals surface area contributed by atoms with Crippen molar-refractivity contribution >= 4 is 32.4 Å². The molecule has 0 radical (unpaired) electrons. The van der Waals surface area contributed by atoms with Gasteiger partial charge in [-0.05, 0) is 30.8 Å². The molecule has 0 saturated carbocycles. The number of sulfonamides is 1. The summed E-state index contributed by atoms with van der Waals surface area (Å²) in [4.78, 5) is 2.31. The Morgan fingerprint density at radius 2 is 2.21 bits per heavy atom. The predicted molar refractivity (Wildman–Crippen MR) is 78.1 cm³/mol. The molecule has 0 aromatic carbocycles. The lowest BCUT2D eigenvalue weighted by atomic mass is 10.2. The van der Waals surface area contributed by atoms with Gasteiger partial charge in [0.15, 0.2) is 10.7 Å². The van der Waals surface area contributed by atoms with Crippen molar-refractivity contribution < 1.29 is 8.42 Å². The molecule has 1 aromatic heterocycles. The summed E-state index contributed by atoms with van der Waals surface area (Å²) in [5.74, 6) is 0.107. The van der Waals surface area contributed by atoms with Crippen LogP contribution in [0.4, 0.5) is 10.8 Å². The normalized spacial score (nSPS) is 20.4. The zero-order chi connectivity index (χ0) is 14.2. The van der Waals surface area contributed by atoms with E-state index in [4.69, 9.17) is 5.73 Å². The first-order valence-electron chi connectivity index (χ1n) is 6.34. The van der Waals surface area contributed by atoms with Gasteiger partial charge in [-0.15, -0.1) is 0 Å². The molecule has 0 spiro atoms. The highest BCUT2D eigenvalue weighted by molar-refractivity contribution is 7.89. The highest BCUT2D eigenvalue weighted by atomic mass is 32.2. The molecule has 1 aliphatic heterocycles. The van der Waals surface area contributed by atoms with E-state index in [1.54, 1.807) is 0 Å². The monoisotopic (exact) mass is 304 g/mol. The van der Waals surface area contributed by atoms with Gasteiger partial charge in [-0.25, -0.2) is 12.7 Å². The number of nitrogen functional groups attached to an aromatic ring is 1. The van der Waals surface area contributed by atoms with E-state index in [0.29, 0.717) is 11.0 Å². The quantitative estimate of drug-likeness (QED) is 0.908. The van der Waals surface area contributed by atoms with Gasteiger partial charge in [0.1, 0.15) is 5.00 Å². The Labute approximate surface area is 118 Å². The number of anilines is 2. The van der Waals surface area contributed by atoms with Crippen molar-refractivity contribution in [3.63, 3.8) is 0 Å². The van der Waals surface area contributed by atoms with E-state index >= 15 is 0 Å². The highest BCUT2D eigenvalue weighted by Crippen LogP contribution is 2.39. The second kappa shape index (κ2) is 5.26. The van der Waals surface area contributed by atoms with Crippen molar-refractivity contribution in [1.82, 2.24) is 8.68 Å². The summed E-state index contributed by atoms with van der Waals surface area (Å²) in [6, 6.07) is 0.385. The molecule has 1 aliphatic rings. The van der Waals surface area contributed by atoms with E-state index in [2.05, 4.69) is 16.2 Å². The molecule has 0 amide bonds. The molecular formula is C11H20N4O2S2. The lowest BCUT2D eigenvalue weighted by molar-refractivity contribution is 0.521. The van der Waals surface area contributed by atoms with Gasteiger partial charge in [-0.1, -0.05) is 6.92 Å². The molecule has 2 heterocycles. The Balaban J connectivity index is 2.49. The Morgan fingerprint density at radius 3 is 2.79 bits per heavy atom. The van der Waals surface area contributed by atoms with Crippen molar-refractivity contribution in [2.75, 3.05) is 31.3 Å². The zero-order valence-electron chi connectivity index (χ0n) is 11.5. The van der Waals surface area contributed by atoms with E-state index < -0.39 is 10.0 Å². The number of rotatable bonds is 4. The van der Waals surface area contributed by atoms with Crippen LogP contribution in [0, 0.1) is 0 Å². The first kappa shape index (κ1) is 14.5. The summed E-state index contributed by atoms with van der Waals surface area (Å²) < 4.78 is 30.0. The summed E-state index contributed by atoms with van der Waals surface area (Å²) in [5, 5.41) is 0.690. The maximum Gasteiger partial charge on any atom is 0.249 e. The van der Waals surface area contributed by atoms with Crippen LogP contribution < -0.4 is 10.6 Å². The first-order chi connectivity index (χ1) is 8.89. The van der Waals surface area contributed by atoms with Gasteiger partial charge in [0.05, 0.1) is 0 Å². The van der Waals surface area contributed by atoms with Crippen LogP contribution in [0.2, 0.25) is 0 Å². The minimum absolute atomic E-state index is 0.107. The second-order valence-corrected chi connectivity index (χ2v) is 7.73. The van der Waals surface area contributed by atoms with Crippen LogP contribution in [-0.4, -0.2) is 43.8 Å². The standard InChI is InChI=1S/C11H20N4O2S2/c1-4-8-6-5-7-15(8)11-9(10(12)13-18-11)19(16,17)14(2)3/h8H,4-7H2,1-3H3,(H2,12,13). The van der Waals surface area contributed by atoms with Gasteiger partial charge in [0.2, 0.25) is 10.0 Å². The third-order valence-corrected chi connectivity index (χ3v) is 6.41. The molecule has 108 valence electrons. The Morgan fingerprint density at radius 1 is 1.53 bits per heavy atom. The fraction of sp³-hybridized carbons (Fsp3) is 0.727. The largest absolute Gasteiger partial charge is 0.382 e. The fourth-order valence-electron chi connectivity index (χ4n) is 2.42. The van der Waals surface area contributed by atoms with Crippen molar-refractivity contribution in [2.45, 2.75) is 37.1 Å². The lowest BCUT2D eigenvalue weighted by Gasteiger charge is -2.25. The summed E-state index contributed by atoms with van der Waals surface area (Å²) in [6.45, 7) is 2.99.